The van der Waals surface area contributed by atoms with Crippen LogP contribution in [0.25, 0.3) is 0 Å². The lowest BCUT2D eigenvalue weighted by Gasteiger charge is -2.36. The number of nitrogens with one attached hydrogen (secondary N) is 1. The molecule has 0 spiro atoms. The minimum Gasteiger partial charge on any atom is -0.487 e. The maximum atomic E-state index is 12.8. The molecule has 0 aliphatic carbocycles. The first-order valence-electron chi connectivity index (χ1n) is 30.5. The van der Waals surface area contributed by atoms with E-state index >= 15 is 0 Å². The van der Waals surface area contributed by atoms with Crippen LogP contribution in [0.5, 0.6) is 5.75 Å². The number of aromatic nitrogens is 4. The van der Waals surface area contributed by atoms with Crippen LogP contribution in [0, 0.1) is 17.8 Å². The highest BCUT2D eigenvalue weighted by molar-refractivity contribution is 6.61. The van der Waals surface area contributed by atoms with Gasteiger partial charge in [-0.1, -0.05) is 18.2 Å². The molecule has 5 aromatic rings. The van der Waals surface area contributed by atoms with Crippen LogP contribution < -0.4 is 10.1 Å². The van der Waals surface area contributed by atoms with E-state index in [2.05, 4.69) is 79.5 Å². The summed E-state index contributed by atoms with van der Waals surface area (Å²) in [6, 6.07) is 17.7. The zero-order valence-electron chi connectivity index (χ0n) is 57.6. The highest BCUT2D eigenvalue weighted by Gasteiger charge is 2.42. The van der Waals surface area contributed by atoms with Crippen molar-refractivity contribution in [1.82, 2.24) is 35.1 Å². The van der Waals surface area contributed by atoms with Crippen LogP contribution in [0.3, 0.4) is 0 Å². The highest BCUT2D eigenvalue weighted by atomic mass is 35.5. The van der Waals surface area contributed by atoms with Gasteiger partial charge in [0.2, 0.25) is 0 Å². The summed E-state index contributed by atoms with van der Waals surface area (Å²) in [7, 11) is 11.1. The molecule has 3 saturated heterocycles. The summed E-state index contributed by atoms with van der Waals surface area (Å²) in [5.41, 5.74) is 1.41. The second-order valence-electron chi connectivity index (χ2n) is 20.8. The number of aliphatic hydroxyl groups excluding tert-OH is 1. The minimum absolute atomic E-state index is 0.0152. The molecular weight excluding hydrogens is 1430 g/mol. The zero-order valence-corrected chi connectivity index (χ0v) is 58.3. The van der Waals surface area contributed by atoms with Crippen molar-refractivity contribution in [3.05, 3.63) is 149 Å². The van der Waals surface area contributed by atoms with E-state index in [1.54, 1.807) is 42.9 Å². The number of likely N-dealkylation sites (tertiary alicyclic amines) is 2. The van der Waals surface area contributed by atoms with Crippen molar-refractivity contribution >= 4 is 71.0 Å². The van der Waals surface area contributed by atoms with Crippen LogP contribution in [0.1, 0.15) is 103 Å². The van der Waals surface area contributed by atoms with Gasteiger partial charge in [0.25, 0.3) is 25.7 Å². The summed E-state index contributed by atoms with van der Waals surface area (Å²) in [6.07, 6.45) is -4.02. The van der Waals surface area contributed by atoms with Crippen LogP contribution in [-0.2, 0) is 70.2 Å². The fourth-order valence-electron chi connectivity index (χ4n) is 8.99. The standard InChI is InChI=1S/C14H13NO3.C10H15F2NO4.C9H13F2NO4.C8H13F2NO2.C8H7F2NO2.C8H9NO3.C7H7NO2.C2H3ClO2/c1-17-14(16)11-7-8-15-12(9-11)10-18-13-5-3-2-4-6-13;1-16-9(14)6-3-4-13(10(15)17-2)7(5-6)8(11)12;1-16-9(15)12-3-2-5(8(13)14)4-6(12)7(10)11;2*1-13-8(12)5-2-3-11-6(4-5)7(9)10;1-12-8(11)6-2-3-9-7(4-6)5-10;1-10-7(9)6-2-4-8-5-3-6;1-5-2(3)4/h2-9H,10H2,1H3;6-8H,3-5H2,1-2H3;5-7H,2-4H2,1H3,(H,13,14);5-7,11H,2-4H2,1H3;2-4,7H,1H3;2-4,10H,5H2,1H3;2-5H,1H3;1H3. The average Bonchev–Trinajstić information content (AvgIpc) is 0.832. The van der Waals surface area contributed by atoms with Crippen molar-refractivity contribution in [2.24, 2.45) is 17.8 Å². The van der Waals surface area contributed by atoms with Gasteiger partial charge in [-0.25, -0.2) is 68.7 Å². The second kappa shape index (κ2) is 50.8. The van der Waals surface area contributed by atoms with Gasteiger partial charge < -0.3 is 62.9 Å². The molecule has 0 radical (unpaired) electrons. The number of rotatable bonds is 15. The van der Waals surface area contributed by atoms with Crippen LogP contribution in [0.2, 0.25) is 0 Å². The van der Waals surface area contributed by atoms with Gasteiger partial charge in [0.05, 0.1) is 140 Å². The SMILES string of the molecule is COC(=O)C1CCN(C(=O)OC)C(C(F)F)C1.COC(=O)C1CCNC(C(F)F)C1.COC(=O)Cl.COC(=O)N1CCC(C(=O)O)CC1C(F)F.COC(=O)c1ccnc(C(F)F)c1.COC(=O)c1ccnc(CO)c1.COC(=O)c1ccnc(COc2ccccc2)c1.COC(=O)c1ccncc1. The molecule has 2 amide bonds. The number of aliphatic hydroxyl groups is 1. The minimum atomic E-state index is -2.76. The fraction of sp³-hybridized carbons (Fsp3) is 0.455. The first kappa shape index (κ1) is 91.6. The number of nitrogens with zero attached hydrogens (tertiary/aromatic N) is 6. The second-order valence-corrected chi connectivity index (χ2v) is 21.1. The predicted molar refractivity (Wildman–Crippen MR) is 348 cm³/mol. The molecule has 0 bridgehead atoms. The van der Waals surface area contributed by atoms with Gasteiger partial charge in [0, 0.05) is 55.7 Å². The summed E-state index contributed by atoms with van der Waals surface area (Å²) in [5, 5.41) is 20.1. The Labute approximate surface area is 596 Å². The molecule has 0 saturated carbocycles. The number of ether oxygens (including phenoxy) is 10. The van der Waals surface area contributed by atoms with Gasteiger partial charge in [-0.3, -0.25) is 44.1 Å². The molecule has 3 aliphatic heterocycles. The van der Waals surface area contributed by atoms with Crippen molar-refractivity contribution in [3.63, 3.8) is 0 Å². The number of halogens is 9. The predicted octanol–water partition coefficient (Wildman–Crippen LogP) is 9.72. The third kappa shape index (κ3) is 34.0. The quantitative estimate of drug-likeness (QED) is 0.0380. The largest absolute Gasteiger partial charge is 0.487 e. The lowest BCUT2D eigenvalue weighted by Crippen LogP contribution is -2.50. The lowest BCUT2D eigenvalue weighted by molar-refractivity contribution is -0.149. The molecule has 6 atom stereocenters. The number of alkyl halides is 8. The summed E-state index contributed by atoms with van der Waals surface area (Å²) in [4.78, 5) is 126. The molecular formula is C66H80ClF8N7O22. The fourth-order valence-corrected chi connectivity index (χ4v) is 8.99. The van der Waals surface area contributed by atoms with E-state index in [-0.39, 0.29) is 74.8 Å². The first-order valence-corrected chi connectivity index (χ1v) is 30.9. The maximum Gasteiger partial charge on any atom is 0.409 e. The number of para-hydroxylation sites is 1. The number of hydrogen-bond donors (Lipinski definition) is 3. The van der Waals surface area contributed by atoms with Crippen molar-refractivity contribution in [2.75, 3.05) is 83.6 Å². The highest BCUT2D eigenvalue weighted by Crippen LogP contribution is 2.30. The number of hydrogen-bond acceptors (Lipinski definition) is 26. The van der Waals surface area contributed by atoms with Crippen LogP contribution in [-0.4, -0.2) is 220 Å². The number of carbonyl (C=O) groups excluding carboxylic acids is 9. The van der Waals surface area contributed by atoms with Crippen molar-refractivity contribution in [2.45, 2.75) is 95.6 Å². The molecule has 3 aliphatic rings. The van der Waals surface area contributed by atoms with E-state index in [0.717, 1.165) is 42.0 Å². The number of carboxylic acid groups (broad SMARTS) is 1. The van der Waals surface area contributed by atoms with Crippen LogP contribution in [0.4, 0.5) is 49.5 Å². The Morgan fingerprint density at radius 1 is 0.500 bits per heavy atom. The van der Waals surface area contributed by atoms with Crippen LogP contribution in [0.15, 0.2) is 110 Å². The third-order valence-electron chi connectivity index (χ3n) is 14.3. The Kier molecular flexibility index (Phi) is 44.8. The number of piperidine rings is 3. The molecule has 3 fully saturated rings. The topological polar surface area (TPSA) is 374 Å². The molecule has 3 N–H and O–H groups in total. The molecule has 4 aromatic heterocycles. The molecule has 29 nitrogen and oxygen atoms in total. The van der Waals surface area contributed by atoms with Gasteiger partial charge in [0.15, 0.2) is 0 Å². The Balaban J connectivity index is 0.000000604. The number of aliphatic carboxylic acids is 1. The van der Waals surface area contributed by atoms with Gasteiger partial charge in [0.1, 0.15) is 18.1 Å². The summed E-state index contributed by atoms with van der Waals surface area (Å²) in [6.45, 7) is 0.647. The van der Waals surface area contributed by atoms with Crippen molar-refractivity contribution in [1.29, 1.82) is 0 Å². The Morgan fingerprint density at radius 2 is 0.913 bits per heavy atom. The monoisotopic (exact) mass is 1510 g/mol. The number of esters is 6. The number of benzene rings is 1. The smallest absolute Gasteiger partial charge is 0.409 e. The summed E-state index contributed by atoms with van der Waals surface area (Å²) >= 11 is 4.60. The molecule has 38 heteroatoms. The summed E-state index contributed by atoms with van der Waals surface area (Å²) in [5.74, 6) is -4.78. The van der Waals surface area contributed by atoms with Gasteiger partial charge in [-0.15, -0.1) is 0 Å². The van der Waals surface area contributed by atoms with E-state index in [9.17, 15) is 83.1 Å². The third-order valence-corrected chi connectivity index (χ3v) is 14.5. The first-order chi connectivity index (χ1) is 49.4. The number of methoxy groups -OCH3 is 9. The lowest BCUT2D eigenvalue weighted by atomic mass is 9.91. The molecule has 8 rings (SSSR count). The van der Waals surface area contributed by atoms with E-state index in [1.807, 2.05) is 30.3 Å². The number of carbonyl (C=O) groups is 10. The van der Waals surface area contributed by atoms with Crippen molar-refractivity contribution < 1.29 is 141 Å². The molecule has 104 heavy (non-hydrogen) atoms. The van der Waals surface area contributed by atoms with Gasteiger partial charge in [-0.05, 0) is 106 Å². The van der Waals surface area contributed by atoms with E-state index in [0.29, 0.717) is 54.1 Å². The average molecular weight is 1510 g/mol. The van der Waals surface area contributed by atoms with E-state index < -0.39 is 103 Å². The van der Waals surface area contributed by atoms with Crippen LogP contribution >= 0.6 is 11.6 Å². The number of amides is 2. The Morgan fingerprint density at radius 3 is 1.33 bits per heavy atom. The van der Waals surface area contributed by atoms with E-state index in [4.69, 9.17) is 14.9 Å². The van der Waals surface area contributed by atoms with E-state index in [1.165, 1.54) is 74.2 Å². The maximum absolute atomic E-state index is 12.8. The van der Waals surface area contributed by atoms with Crippen molar-refractivity contribution in [3.8, 4) is 5.75 Å². The Bertz CT molecular complexity index is 3440. The number of pyridine rings is 4. The van der Waals surface area contributed by atoms with Gasteiger partial charge in [-0.2, -0.15) is 0 Å². The zero-order chi connectivity index (χ0) is 78.4. The number of carboxylic acids is 1. The van der Waals surface area contributed by atoms with Gasteiger partial charge >= 0.3 is 59.4 Å². The Hall–Kier alpha value is -10.4. The summed E-state index contributed by atoms with van der Waals surface area (Å²) < 4.78 is 145. The molecule has 6 unspecified atom stereocenters. The molecule has 7 heterocycles. The molecule has 574 valence electrons. The normalized spacial score (nSPS) is 16.8. The molecule has 1 aromatic carbocycles.